The van der Waals surface area contributed by atoms with Gasteiger partial charge in [0.25, 0.3) is 0 Å². The molecule has 8 aliphatic heterocycles. The Hall–Kier alpha value is -6.03. The second-order valence-electron chi connectivity index (χ2n) is 31.2. The van der Waals surface area contributed by atoms with Crippen molar-refractivity contribution in [3.63, 3.8) is 0 Å². The molecule has 2 unspecified atom stereocenters. The first-order valence-corrected chi connectivity index (χ1v) is 42.2. The number of hydrogen-bond donors (Lipinski definition) is 2. The van der Waals surface area contributed by atoms with E-state index in [4.69, 9.17) is 14.2 Å². The summed E-state index contributed by atoms with van der Waals surface area (Å²) in [6, 6.07) is 65.6. The summed E-state index contributed by atoms with van der Waals surface area (Å²) in [5, 5.41) is 13.7. The van der Waals surface area contributed by atoms with Crippen LogP contribution >= 0.6 is 15.9 Å². The number of piperidine rings is 5. The summed E-state index contributed by atoms with van der Waals surface area (Å²) >= 11 is 3.07. The standard InChI is InChI=1S/C20H24FNO.C20H23NO.2C13H17NO.C12H15NO.C7H6BrF.C3H9OS.C3H8.HI.H2/c1-15-7-8-19(21)17(11-15)12-18-14-22(10-9-20(18)23)13-16-5-3-2-4-6-16;1-16-7-8-19-18(13-16)14-20(22-19)9-11-21(12-10-20)15-17-5-3-2-4-6-17;1-10-2-3-12-11(8-10)9-13(15-12)4-6-14-7-5-13;1-2-4-12(5-3-1)10-14-8-6-13(7-9-14)11-15-13;14-12-6-8-13(9-7-12)10-11-4-2-1-3-5-11;1-5-2-3-7(9)6(8)4-5;1-5(2,3)4;1-3-2;;/h2-8,11,18,20,23H,9-10,12-14H2,1H3;2-8,13H,9-12,14-15H2,1H3;2-3,8,14H,4-7,9H2,1H3;1-5H,6-11H2;1-5H,6-10H2;2-4H,1H3;1-3H3;3H2,1-2H3;2*1H/q;;;;;;+1;;;/p-1. The monoisotopic (exact) mass is 1660 g/mol. The van der Waals surface area contributed by atoms with Crippen molar-refractivity contribution >= 4 is 31.6 Å². The van der Waals surface area contributed by atoms with Gasteiger partial charge >= 0.3 is 0 Å². The molecule has 2 N–H and O–H groups in total. The number of aliphatic hydroxyl groups is 1. The maximum atomic E-state index is 14.0. The molecule has 2 atom stereocenters. The summed E-state index contributed by atoms with van der Waals surface area (Å²) in [5.74, 6) is 2.35. The van der Waals surface area contributed by atoms with Gasteiger partial charge in [0.2, 0.25) is 0 Å². The van der Waals surface area contributed by atoms with Gasteiger partial charge in [0.05, 0.1) is 32.7 Å². The van der Waals surface area contributed by atoms with Gasteiger partial charge in [0.15, 0.2) is 0 Å². The summed E-state index contributed by atoms with van der Waals surface area (Å²) in [6.07, 6.45) is 18.0. The van der Waals surface area contributed by atoms with E-state index in [0.717, 1.165) is 171 Å². The number of epoxide rings is 1. The van der Waals surface area contributed by atoms with Crippen molar-refractivity contribution in [1.82, 2.24) is 24.9 Å². The third kappa shape index (κ3) is 29.6. The summed E-state index contributed by atoms with van der Waals surface area (Å²) in [7, 11) is -1.42. The predicted molar refractivity (Wildman–Crippen MR) is 439 cm³/mol. The fraction of sp³-hybridized carbons (Fsp3) is 0.462. The molecule has 3 spiro atoms. The number of aryl methyl sites for hydroxylation is 4. The molecule has 0 aliphatic carbocycles. The predicted octanol–water partition coefficient (Wildman–Crippen LogP) is 15.4. The van der Waals surface area contributed by atoms with Crippen molar-refractivity contribution in [2.75, 3.05) is 90.8 Å². The van der Waals surface area contributed by atoms with Crippen LogP contribution in [0.25, 0.3) is 0 Å². The van der Waals surface area contributed by atoms with E-state index in [1.165, 1.54) is 89.0 Å². The van der Waals surface area contributed by atoms with E-state index in [1.807, 2.05) is 44.2 Å². The Morgan fingerprint density at radius 2 is 0.879 bits per heavy atom. The van der Waals surface area contributed by atoms with Crippen LogP contribution in [0.1, 0.15) is 141 Å². The minimum Gasteiger partial charge on any atom is -1.00 e. The number of hydrogen-bond acceptors (Lipinski definition) is 11. The topological polar surface area (TPSA) is 110 Å². The van der Waals surface area contributed by atoms with E-state index in [1.54, 1.807) is 37.0 Å². The van der Waals surface area contributed by atoms with Crippen LogP contribution in [0.2, 0.25) is 0 Å². The van der Waals surface area contributed by atoms with E-state index in [0.29, 0.717) is 22.3 Å². The first kappa shape index (κ1) is 86.6. The van der Waals surface area contributed by atoms with Crippen molar-refractivity contribution in [3.8, 4) is 11.5 Å². The highest BCUT2D eigenvalue weighted by molar-refractivity contribution is 9.10. The SMILES string of the molecule is CCC.C[S+](C)(C)=O.Cc1ccc(F)c(Br)c1.Cc1ccc(F)c(CC2CN(Cc3ccccc3)CCC2O)c1.Cc1ccc2c(c1)CC1(CCN(Cc3ccccc3)CC1)O2.Cc1ccc2c(c1)CC1(CCNCC1)O2.O=C1CCN(Cc2ccccc2)CC1.[HH].[I-].c1ccc(CN2CCC3(CC2)CO3)cc1. The normalized spacial score (nSPS) is 19.4. The molecule has 107 heavy (non-hydrogen) atoms. The Kier molecular flexibility index (Phi) is 34.8. The maximum absolute atomic E-state index is 14.0. The lowest BCUT2D eigenvalue weighted by atomic mass is 9.87. The van der Waals surface area contributed by atoms with Gasteiger partial charge in [0, 0.05) is 124 Å². The van der Waals surface area contributed by atoms with E-state index >= 15 is 0 Å². The Labute approximate surface area is 668 Å². The first-order chi connectivity index (χ1) is 50.9. The third-order valence-electron chi connectivity index (χ3n) is 20.7. The van der Waals surface area contributed by atoms with Crippen molar-refractivity contribution in [2.24, 2.45) is 5.92 Å². The molecule has 8 aromatic rings. The Morgan fingerprint density at radius 3 is 1.29 bits per heavy atom. The van der Waals surface area contributed by atoms with Gasteiger partial charge in [-0.25, -0.2) is 8.78 Å². The highest BCUT2D eigenvalue weighted by Crippen LogP contribution is 2.43. The summed E-state index contributed by atoms with van der Waals surface area (Å²) in [5.41, 5.74) is 14.2. The zero-order chi connectivity index (χ0) is 75.5. The molecule has 8 aliphatic rings. The fourth-order valence-corrected chi connectivity index (χ4v) is 15.2. The van der Waals surface area contributed by atoms with Crippen LogP contribution in [0.4, 0.5) is 8.78 Å². The maximum Gasteiger partial charge on any atom is 0.137 e. The smallest absolute Gasteiger partial charge is 0.137 e. The number of ether oxygens (including phenoxy) is 3. The number of nitrogens with one attached hydrogen (secondary N) is 1. The number of aliphatic hydroxyl groups excluding tert-OH is 1. The molecule has 8 aromatic carbocycles. The van der Waals surface area contributed by atoms with E-state index in [2.05, 4.69) is 202 Å². The fourth-order valence-electron chi connectivity index (χ4n) is 14.7. The minimum atomic E-state index is -1.42. The summed E-state index contributed by atoms with van der Waals surface area (Å²) in [6.45, 7) is 27.8. The molecule has 6 fully saturated rings. The Morgan fingerprint density at radius 1 is 0.514 bits per heavy atom. The van der Waals surface area contributed by atoms with Crippen LogP contribution < -0.4 is 38.8 Å². The molecule has 8 heterocycles. The van der Waals surface area contributed by atoms with Crippen molar-refractivity contribution in [1.29, 1.82) is 0 Å². The summed E-state index contributed by atoms with van der Waals surface area (Å²) < 4.78 is 55.2. The first-order valence-electron chi connectivity index (χ1n) is 38.7. The quantitative estimate of drug-likeness (QED) is 0.0776. The van der Waals surface area contributed by atoms with Gasteiger partial charge in [-0.05, 0) is 170 Å². The van der Waals surface area contributed by atoms with E-state index in [-0.39, 0.29) is 60.3 Å². The van der Waals surface area contributed by atoms with Crippen LogP contribution in [0.5, 0.6) is 11.5 Å². The number of carbonyl (C=O) groups excluding carboxylic acids is 1. The second-order valence-corrected chi connectivity index (χ2v) is 35.5. The van der Waals surface area contributed by atoms with Crippen LogP contribution in [0, 0.1) is 45.2 Å². The average Bonchev–Trinajstić information content (AvgIpc) is 1.64. The van der Waals surface area contributed by atoms with Crippen molar-refractivity contribution in [2.45, 2.75) is 174 Å². The number of halogens is 4. The molecular weight excluding hydrogens is 1540 g/mol. The number of benzene rings is 8. The highest BCUT2D eigenvalue weighted by atomic mass is 127. The second kappa shape index (κ2) is 43.0. The Balaban J connectivity index is 0.000000179. The molecule has 16 heteroatoms. The third-order valence-corrected chi connectivity index (χ3v) is 21.3. The number of Topliss-reactive ketones (excluding diaryl/α,β-unsaturated/α-hetero) is 1. The molecule has 0 radical (unpaired) electrons. The molecule has 580 valence electrons. The summed E-state index contributed by atoms with van der Waals surface area (Å²) in [4.78, 5) is 20.8. The van der Waals surface area contributed by atoms with Gasteiger partial charge < -0.3 is 48.6 Å². The van der Waals surface area contributed by atoms with Crippen LogP contribution in [-0.4, -0.2) is 144 Å². The van der Waals surface area contributed by atoms with Crippen LogP contribution in [0.3, 0.4) is 0 Å². The largest absolute Gasteiger partial charge is 1.00 e. The zero-order valence-corrected chi connectivity index (χ0v) is 69.7. The van der Waals surface area contributed by atoms with Gasteiger partial charge in [-0.15, -0.1) is 4.21 Å². The van der Waals surface area contributed by atoms with E-state index in [9.17, 15) is 22.9 Å². The van der Waals surface area contributed by atoms with Crippen LogP contribution in [-0.2, 0) is 69.1 Å². The highest BCUT2D eigenvalue weighted by Gasteiger charge is 2.47. The van der Waals surface area contributed by atoms with Gasteiger partial charge in [0.1, 0.15) is 58.9 Å². The van der Waals surface area contributed by atoms with E-state index < -0.39 is 9.93 Å². The molecule has 16 rings (SSSR count). The average molecular weight is 1660 g/mol. The van der Waals surface area contributed by atoms with Gasteiger partial charge in [-0.2, -0.15) is 0 Å². The zero-order valence-electron chi connectivity index (χ0n) is 65.1. The number of nitrogens with zero attached hydrogens (tertiary/aromatic N) is 4. The number of likely N-dealkylation sites (tertiary alicyclic amines) is 4. The molecule has 11 nitrogen and oxygen atoms in total. The molecule has 0 aromatic heterocycles. The van der Waals surface area contributed by atoms with Crippen molar-refractivity contribution in [3.05, 3.63) is 271 Å². The molecule has 0 bridgehead atoms. The number of rotatable bonds is 10. The number of fused-ring (bicyclic) bond motifs is 2. The van der Waals surface area contributed by atoms with Crippen molar-refractivity contribution < 1.29 is 62.5 Å². The number of ketones is 1. The molecule has 6 saturated heterocycles. The molecule has 0 amide bonds. The lowest BCUT2D eigenvalue weighted by molar-refractivity contribution is -0.121. The Bertz CT molecular complexity index is 3990. The minimum absolute atomic E-state index is 0. The lowest BCUT2D eigenvalue weighted by Crippen LogP contribution is -3.00. The molecular formula is C91H121BrF2IN5O6S. The van der Waals surface area contributed by atoms with Crippen LogP contribution in [0.15, 0.2) is 199 Å². The number of carbonyl (C=O) groups is 1. The van der Waals surface area contributed by atoms with Gasteiger partial charge in [-0.3, -0.25) is 24.4 Å². The lowest BCUT2D eigenvalue weighted by Gasteiger charge is -2.38. The van der Waals surface area contributed by atoms with Gasteiger partial charge in [-0.1, -0.05) is 201 Å². The molecule has 0 saturated carbocycles.